The molecule has 0 aliphatic carbocycles. The van der Waals surface area contributed by atoms with E-state index in [-0.39, 0.29) is 24.2 Å². The highest BCUT2D eigenvalue weighted by Crippen LogP contribution is 2.26. The van der Waals surface area contributed by atoms with Gasteiger partial charge in [-0.1, -0.05) is 6.92 Å². The summed E-state index contributed by atoms with van der Waals surface area (Å²) in [5.41, 5.74) is 0.485. The maximum Gasteiger partial charge on any atom is 0.303 e. The molecule has 6 nitrogen and oxygen atoms in total. The number of carbonyl (C=O) groups is 2. The minimum absolute atomic E-state index is 0.0715. The zero-order valence-corrected chi connectivity index (χ0v) is 11.5. The predicted octanol–water partition coefficient (Wildman–Crippen LogP) is 1.44. The molecule has 0 spiro atoms. The summed E-state index contributed by atoms with van der Waals surface area (Å²) in [7, 11) is 0. The molecule has 0 radical (unpaired) electrons. The lowest BCUT2D eigenvalue weighted by atomic mass is 9.84. The Hall–Kier alpha value is -1.98. The van der Waals surface area contributed by atoms with E-state index in [2.05, 4.69) is 9.97 Å². The molecule has 2 unspecified atom stereocenters. The molecular formula is C14H19N3O3. The number of rotatable bonds is 4. The summed E-state index contributed by atoms with van der Waals surface area (Å²) in [6, 6.07) is 0. The predicted molar refractivity (Wildman–Crippen MR) is 72.1 cm³/mol. The van der Waals surface area contributed by atoms with Crippen molar-refractivity contribution in [3.8, 4) is 0 Å². The SMILES string of the molecule is CC(CC(=O)O)C1CCCN(C(=O)c2cncnc2)C1. The Morgan fingerprint density at radius 3 is 2.80 bits per heavy atom. The zero-order valence-electron chi connectivity index (χ0n) is 11.5. The summed E-state index contributed by atoms with van der Waals surface area (Å²) in [5, 5.41) is 8.87. The molecule has 1 aliphatic heterocycles. The van der Waals surface area contributed by atoms with Gasteiger partial charge in [0.25, 0.3) is 5.91 Å². The number of carboxylic acids is 1. The molecule has 1 amide bonds. The average Bonchev–Trinajstić information content (AvgIpc) is 2.47. The molecule has 0 saturated carbocycles. The fourth-order valence-corrected chi connectivity index (χ4v) is 2.69. The van der Waals surface area contributed by atoms with Crippen LogP contribution in [0.1, 0.15) is 36.5 Å². The number of hydrogen-bond donors (Lipinski definition) is 1. The van der Waals surface area contributed by atoms with Crippen LogP contribution in [0.5, 0.6) is 0 Å². The van der Waals surface area contributed by atoms with Gasteiger partial charge in [-0.15, -0.1) is 0 Å². The molecule has 1 fully saturated rings. The van der Waals surface area contributed by atoms with Gasteiger partial charge in [0.05, 0.1) is 5.56 Å². The molecule has 108 valence electrons. The molecule has 1 aliphatic rings. The lowest BCUT2D eigenvalue weighted by Gasteiger charge is -2.35. The third-order valence-electron chi connectivity index (χ3n) is 3.85. The summed E-state index contributed by atoms with van der Waals surface area (Å²) in [6.45, 7) is 3.27. The van der Waals surface area contributed by atoms with Gasteiger partial charge in [-0.3, -0.25) is 9.59 Å². The third-order valence-corrected chi connectivity index (χ3v) is 3.85. The number of aliphatic carboxylic acids is 1. The normalized spacial score (nSPS) is 20.4. The van der Waals surface area contributed by atoms with E-state index in [4.69, 9.17) is 5.11 Å². The molecule has 0 aromatic carbocycles. The first-order chi connectivity index (χ1) is 9.58. The number of piperidine rings is 1. The van der Waals surface area contributed by atoms with E-state index in [1.807, 2.05) is 6.92 Å². The van der Waals surface area contributed by atoms with Gasteiger partial charge in [0, 0.05) is 31.9 Å². The van der Waals surface area contributed by atoms with Gasteiger partial charge >= 0.3 is 5.97 Å². The second-order valence-corrected chi connectivity index (χ2v) is 5.36. The van der Waals surface area contributed by atoms with Crippen molar-refractivity contribution in [3.05, 3.63) is 24.3 Å². The number of amides is 1. The van der Waals surface area contributed by atoms with E-state index in [9.17, 15) is 9.59 Å². The highest BCUT2D eigenvalue weighted by Gasteiger charge is 2.28. The van der Waals surface area contributed by atoms with Gasteiger partial charge in [-0.25, -0.2) is 9.97 Å². The molecule has 0 bridgehead atoms. The van der Waals surface area contributed by atoms with E-state index in [0.717, 1.165) is 12.8 Å². The van der Waals surface area contributed by atoms with Crippen LogP contribution in [0, 0.1) is 11.8 Å². The second kappa shape index (κ2) is 6.45. The van der Waals surface area contributed by atoms with Crippen LogP contribution in [0.25, 0.3) is 0 Å². The topological polar surface area (TPSA) is 83.4 Å². The quantitative estimate of drug-likeness (QED) is 0.900. The molecule has 6 heteroatoms. The van der Waals surface area contributed by atoms with Crippen molar-refractivity contribution < 1.29 is 14.7 Å². The van der Waals surface area contributed by atoms with Crippen molar-refractivity contribution in [1.29, 1.82) is 0 Å². The van der Waals surface area contributed by atoms with Crippen LogP contribution in [-0.2, 0) is 4.79 Å². The van der Waals surface area contributed by atoms with Crippen LogP contribution in [0.4, 0.5) is 0 Å². The van der Waals surface area contributed by atoms with Gasteiger partial charge in [-0.2, -0.15) is 0 Å². The minimum Gasteiger partial charge on any atom is -0.481 e. The summed E-state index contributed by atoms with van der Waals surface area (Å²) in [6.07, 6.45) is 6.46. The lowest BCUT2D eigenvalue weighted by molar-refractivity contribution is -0.138. The number of hydrogen-bond acceptors (Lipinski definition) is 4. The van der Waals surface area contributed by atoms with Crippen LogP contribution in [0.3, 0.4) is 0 Å². The van der Waals surface area contributed by atoms with Crippen molar-refractivity contribution in [3.63, 3.8) is 0 Å². The molecule has 1 aromatic heterocycles. The molecule has 2 atom stereocenters. The van der Waals surface area contributed by atoms with Crippen LogP contribution in [0.2, 0.25) is 0 Å². The van der Waals surface area contributed by atoms with Gasteiger partial charge < -0.3 is 10.0 Å². The maximum atomic E-state index is 12.3. The standard InChI is InChI=1S/C14H19N3O3/c1-10(5-13(18)19)11-3-2-4-17(8-11)14(20)12-6-15-9-16-7-12/h6-7,9-11H,2-5,8H2,1H3,(H,18,19). The molecule has 1 saturated heterocycles. The van der Waals surface area contributed by atoms with Crippen molar-refractivity contribution >= 4 is 11.9 Å². The Labute approximate surface area is 117 Å². The monoisotopic (exact) mass is 277 g/mol. The first-order valence-electron chi connectivity index (χ1n) is 6.84. The molecule has 2 rings (SSSR count). The Morgan fingerprint density at radius 2 is 2.15 bits per heavy atom. The maximum absolute atomic E-state index is 12.3. The smallest absolute Gasteiger partial charge is 0.303 e. The Kier molecular flexibility index (Phi) is 4.65. The van der Waals surface area contributed by atoms with Crippen molar-refractivity contribution in [1.82, 2.24) is 14.9 Å². The van der Waals surface area contributed by atoms with E-state index in [1.54, 1.807) is 4.90 Å². The molecular weight excluding hydrogens is 258 g/mol. The number of carbonyl (C=O) groups excluding carboxylic acids is 1. The summed E-state index contributed by atoms with van der Waals surface area (Å²) >= 11 is 0. The number of carboxylic acid groups (broad SMARTS) is 1. The third kappa shape index (κ3) is 3.53. The van der Waals surface area contributed by atoms with Crippen LogP contribution in [-0.4, -0.2) is 44.9 Å². The fraction of sp³-hybridized carbons (Fsp3) is 0.571. The number of likely N-dealkylation sites (tertiary alicyclic amines) is 1. The Morgan fingerprint density at radius 1 is 1.45 bits per heavy atom. The highest BCUT2D eigenvalue weighted by atomic mass is 16.4. The lowest BCUT2D eigenvalue weighted by Crippen LogP contribution is -2.42. The average molecular weight is 277 g/mol. The largest absolute Gasteiger partial charge is 0.481 e. The zero-order chi connectivity index (χ0) is 14.5. The van der Waals surface area contributed by atoms with Crippen molar-refractivity contribution in [2.75, 3.05) is 13.1 Å². The van der Waals surface area contributed by atoms with E-state index in [0.29, 0.717) is 18.7 Å². The summed E-state index contributed by atoms with van der Waals surface area (Å²) < 4.78 is 0. The van der Waals surface area contributed by atoms with Gasteiger partial charge in [0.2, 0.25) is 0 Å². The second-order valence-electron chi connectivity index (χ2n) is 5.36. The van der Waals surface area contributed by atoms with Crippen molar-refractivity contribution in [2.24, 2.45) is 11.8 Å². The fourth-order valence-electron chi connectivity index (χ4n) is 2.69. The first kappa shape index (κ1) is 14.4. The van der Waals surface area contributed by atoms with E-state index >= 15 is 0 Å². The van der Waals surface area contributed by atoms with E-state index in [1.165, 1.54) is 18.7 Å². The highest BCUT2D eigenvalue weighted by molar-refractivity contribution is 5.93. The van der Waals surface area contributed by atoms with Crippen molar-refractivity contribution in [2.45, 2.75) is 26.2 Å². The molecule has 1 aromatic rings. The first-order valence-corrected chi connectivity index (χ1v) is 6.84. The Balaban J connectivity index is 2.00. The van der Waals surface area contributed by atoms with Crippen LogP contribution in [0.15, 0.2) is 18.7 Å². The minimum atomic E-state index is -0.780. The Bertz CT molecular complexity index is 478. The molecule has 1 N–H and O–H groups in total. The summed E-state index contributed by atoms with van der Waals surface area (Å²) in [4.78, 5) is 32.6. The van der Waals surface area contributed by atoms with Gasteiger partial charge in [0.15, 0.2) is 0 Å². The molecule has 20 heavy (non-hydrogen) atoms. The van der Waals surface area contributed by atoms with E-state index < -0.39 is 5.97 Å². The van der Waals surface area contributed by atoms with Gasteiger partial charge in [-0.05, 0) is 24.7 Å². The number of aromatic nitrogens is 2. The molecule has 2 heterocycles. The number of nitrogens with zero attached hydrogens (tertiary/aromatic N) is 3. The van der Waals surface area contributed by atoms with Crippen LogP contribution >= 0.6 is 0 Å². The van der Waals surface area contributed by atoms with Crippen LogP contribution < -0.4 is 0 Å². The summed E-state index contributed by atoms with van der Waals surface area (Å²) in [5.74, 6) is -0.529. The van der Waals surface area contributed by atoms with Gasteiger partial charge in [0.1, 0.15) is 6.33 Å².